The molecule has 29 heavy (non-hydrogen) atoms. The van der Waals surface area contributed by atoms with E-state index >= 15 is 0 Å². The van der Waals surface area contributed by atoms with Gasteiger partial charge in [-0.25, -0.2) is 0 Å². The molecule has 0 spiro atoms. The summed E-state index contributed by atoms with van der Waals surface area (Å²) in [6.45, 7) is 6.92. The predicted octanol–water partition coefficient (Wildman–Crippen LogP) is 7.29. The number of aliphatic carboxylic acids is 1. The Morgan fingerprint density at radius 3 is 2.17 bits per heavy atom. The van der Waals surface area contributed by atoms with Gasteiger partial charge in [0.15, 0.2) is 0 Å². The van der Waals surface area contributed by atoms with Crippen molar-refractivity contribution >= 4 is 5.97 Å². The third kappa shape index (κ3) is 8.40. The van der Waals surface area contributed by atoms with Gasteiger partial charge in [-0.1, -0.05) is 71.4 Å². The molecule has 1 saturated carbocycles. The van der Waals surface area contributed by atoms with E-state index < -0.39 is 5.97 Å². The van der Waals surface area contributed by atoms with Crippen molar-refractivity contribution in [3.63, 3.8) is 0 Å². The van der Waals surface area contributed by atoms with Gasteiger partial charge >= 0.3 is 5.97 Å². The van der Waals surface area contributed by atoms with Crippen molar-refractivity contribution in [2.75, 3.05) is 0 Å². The summed E-state index contributed by atoms with van der Waals surface area (Å²) in [6.07, 6.45) is 15.2. The molecule has 0 radical (unpaired) electrons. The van der Waals surface area contributed by atoms with Crippen LogP contribution in [0, 0.1) is 10.8 Å². The predicted molar refractivity (Wildman–Crippen MR) is 120 cm³/mol. The highest BCUT2D eigenvalue weighted by Crippen LogP contribution is 2.50. The first-order chi connectivity index (χ1) is 13.7. The molecule has 1 aliphatic carbocycles. The van der Waals surface area contributed by atoms with E-state index in [0.29, 0.717) is 11.2 Å². The molecule has 164 valence electrons. The zero-order valence-electron chi connectivity index (χ0n) is 18.9. The van der Waals surface area contributed by atoms with Gasteiger partial charge in [-0.15, -0.1) is 0 Å². The van der Waals surface area contributed by atoms with Gasteiger partial charge in [-0.3, -0.25) is 4.79 Å². The monoisotopic (exact) mass is 402 g/mol. The first kappa shape index (κ1) is 23.8. The standard InChI is InChI=1S/C26H42O3/c1-25(2,3)17-10-6-4-8-13-21-14-12-16-23(27)22(21)15-9-5-7-11-18-26(19-20-26)24(28)29/h12,14,16,27H,4-11,13,15,17-20H2,1-3H3,(H,28,29). The zero-order valence-corrected chi connectivity index (χ0v) is 18.9. The van der Waals surface area contributed by atoms with E-state index in [1.807, 2.05) is 12.1 Å². The molecule has 3 nitrogen and oxygen atoms in total. The number of aromatic hydroxyl groups is 1. The summed E-state index contributed by atoms with van der Waals surface area (Å²) in [5.74, 6) is -0.159. The van der Waals surface area contributed by atoms with E-state index in [-0.39, 0.29) is 5.41 Å². The number of hydrogen-bond acceptors (Lipinski definition) is 2. The summed E-state index contributed by atoms with van der Waals surface area (Å²) >= 11 is 0. The van der Waals surface area contributed by atoms with Gasteiger partial charge in [0.25, 0.3) is 0 Å². The minimum atomic E-state index is -0.602. The van der Waals surface area contributed by atoms with Gasteiger partial charge in [0.2, 0.25) is 0 Å². The zero-order chi connectivity index (χ0) is 21.3. The summed E-state index contributed by atoms with van der Waals surface area (Å²) in [5.41, 5.74) is 2.50. The van der Waals surface area contributed by atoms with E-state index in [2.05, 4.69) is 26.8 Å². The maximum Gasteiger partial charge on any atom is 0.309 e. The molecule has 2 N–H and O–H groups in total. The fourth-order valence-electron chi connectivity index (χ4n) is 4.31. The average Bonchev–Trinajstić information content (AvgIpc) is 3.43. The Labute approximate surface area is 177 Å². The van der Waals surface area contributed by atoms with Crippen molar-refractivity contribution in [3.8, 4) is 5.75 Å². The molecule has 0 amide bonds. The number of carboxylic acids is 1. The van der Waals surface area contributed by atoms with Gasteiger partial charge < -0.3 is 10.2 Å². The minimum absolute atomic E-state index is 0.377. The fourth-order valence-corrected chi connectivity index (χ4v) is 4.31. The normalized spacial score (nSPS) is 15.4. The van der Waals surface area contributed by atoms with Crippen LogP contribution < -0.4 is 0 Å². The summed E-state index contributed by atoms with van der Waals surface area (Å²) in [7, 11) is 0. The lowest BCUT2D eigenvalue weighted by atomic mass is 9.89. The van der Waals surface area contributed by atoms with Crippen LogP contribution in [-0.2, 0) is 17.6 Å². The number of aryl methyl sites for hydroxylation is 1. The van der Waals surface area contributed by atoms with Crippen molar-refractivity contribution in [1.82, 2.24) is 0 Å². The molecule has 1 aliphatic rings. The Morgan fingerprint density at radius 2 is 1.55 bits per heavy atom. The number of benzene rings is 1. The quantitative estimate of drug-likeness (QED) is 0.321. The van der Waals surface area contributed by atoms with Crippen molar-refractivity contribution < 1.29 is 15.0 Å². The van der Waals surface area contributed by atoms with Crippen LogP contribution in [0.15, 0.2) is 18.2 Å². The van der Waals surface area contributed by atoms with Gasteiger partial charge in [0.1, 0.15) is 5.75 Å². The second-order valence-electron chi connectivity index (χ2n) is 10.4. The Morgan fingerprint density at radius 1 is 0.931 bits per heavy atom. The Kier molecular flexibility index (Phi) is 9.04. The van der Waals surface area contributed by atoms with E-state index in [4.69, 9.17) is 0 Å². The number of rotatable bonds is 14. The summed E-state index contributed by atoms with van der Waals surface area (Å²) in [5, 5.41) is 19.6. The molecule has 1 fully saturated rings. The van der Waals surface area contributed by atoms with Crippen LogP contribution in [0.25, 0.3) is 0 Å². The largest absolute Gasteiger partial charge is 0.508 e. The van der Waals surface area contributed by atoms with Crippen LogP contribution in [0.5, 0.6) is 5.75 Å². The minimum Gasteiger partial charge on any atom is -0.508 e. The first-order valence-electron chi connectivity index (χ1n) is 11.8. The Hall–Kier alpha value is -1.51. The van der Waals surface area contributed by atoms with Gasteiger partial charge in [-0.2, -0.15) is 0 Å². The molecular formula is C26H42O3. The SMILES string of the molecule is CC(C)(C)CCCCCCc1cccc(O)c1CCCCCCC1(C(=O)O)CC1. The lowest BCUT2D eigenvalue weighted by Gasteiger charge is -2.17. The maximum atomic E-state index is 11.2. The molecule has 0 aliphatic heterocycles. The van der Waals surface area contributed by atoms with E-state index in [1.54, 1.807) is 0 Å². The molecule has 1 aromatic carbocycles. The van der Waals surface area contributed by atoms with Crippen molar-refractivity contribution in [3.05, 3.63) is 29.3 Å². The third-order valence-corrected chi connectivity index (χ3v) is 6.51. The Balaban J connectivity index is 1.66. The van der Waals surface area contributed by atoms with Crippen LogP contribution in [0.1, 0.15) is 109 Å². The number of carboxylic acid groups (broad SMARTS) is 1. The molecule has 0 atom stereocenters. The van der Waals surface area contributed by atoms with Crippen molar-refractivity contribution in [2.24, 2.45) is 10.8 Å². The van der Waals surface area contributed by atoms with Crippen LogP contribution in [0.4, 0.5) is 0 Å². The summed E-state index contributed by atoms with van der Waals surface area (Å²) in [4.78, 5) is 11.2. The highest BCUT2D eigenvalue weighted by Gasteiger charge is 2.49. The highest BCUT2D eigenvalue weighted by molar-refractivity contribution is 5.77. The smallest absolute Gasteiger partial charge is 0.309 e. The van der Waals surface area contributed by atoms with Crippen molar-refractivity contribution in [2.45, 2.75) is 111 Å². The summed E-state index contributed by atoms with van der Waals surface area (Å²) < 4.78 is 0. The van der Waals surface area contributed by atoms with E-state index in [0.717, 1.165) is 63.4 Å². The van der Waals surface area contributed by atoms with Crippen LogP contribution in [0.3, 0.4) is 0 Å². The summed E-state index contributed by atoms with van der Waals surface area (Å²) in [6, 6.07) is 5.95. The van der Waals surface area contributed by atoms with Crippen molar-refractivity contribution in [1.29, 1.82) is 0 Å². The van der Waals surface area contributed by atoms with E-state index in [9.17, 15) is 15.0 Å². The Bertz CT molecular complexity index is 638. The fraction of sp³-hybridized carbons (Fsp3) is 0.731. The first-order valence-corrected chi connectivity index (χ1v) is 11.8. The highest BCUT2D eigenvalue weighted by atomic mass is 16.4. The lowest BCUT2D eigenvalue weighted by molar-refractivity contribution is -0.143. The average molecular weight is 403 g/mol. The number of phenols is 1. The van der Waals surface area contributed by atoms with Crippen LogP contribution >= 0.6 is 0 Å². The molecule has 0 aromatic heterocycles. The molecule has 0 heterocycles. The number of carbonyl (C=O) groups is 1. The molecule has 2 rings (SSSR count). The van der Waals surface area contributed by atoms with Gasteiger partial charge in [-0.05, 0) is 74.0 Å². The van der Waals surface area contributed by atoms with Gasteiger partial charge in [0.05, 0.1) is 5.41 Å². The second-order valence-corrected chi connectivity index (χ2v) is 10.4. The maximum absolute atomic E-state index is 11.2. The van der Waals surface area contributed by atoms with Crippen LogP contribution in [0.2, 0.25) is 0 Å². The molecule has 3 heteroatoms. The molecule has 1 aromatic rings. The molecular weight excluding hydrogens is 360 g/mol. The number of unbranched alkanes of at least 4 members (excludes halogenated alkanes) is 6. The number of hydrogen-bond donors (Lipinski definition) is 2. The molecule has 0 bridgehead atoms. The molecule has 0 unspecified atom stereocenters. The number of phenolic OH excluding ortho intramolecular Hbond substituents is 1. The van der Waals surface area contributed by atoms with Gasteiger partial charge in [0, 0.05) is 0 Å². The third-order valence-electron chi connectivity index (χ3n) is 6.51. The lowest BCUT2D eigenvalue weighted by Crippen LogP contribution is -2.14. The topological polar surface area (TPSA) is 57.5 Å². The van der Waals surface area contributed by atoms with Crippen LogP contribution in [-0.4, -0.2) is 16.2 Å². The molecule has 0 saturated heterocycles. The second kappa shape index (κ2) is 11.0. The van der Waals surface area contributed by atoms with E-state index in [1.165, 1.54) is 37.7 Å².